The van der Waals surface area contributed by atoms with Gasteiger partial charge in [0.05, 0.1) is 11.3 Å². The van der Waals surface area contributed by atoms with E-state index in [-0.39, 0.29) is 11.7 Å². The van der Waals surface area contributed by atoms with E-state index in [0.717, 1.165) is 25.6 Å². The summed E-state index contributed by atoms with van der Waals surface area (Å²) in [6, 6.07) is 4.48. The molecule has 25 heavy (non-hydrogen) atoms. The smallest absolute Gasteiger partial charge is 0.336 e. The number of para-hydroxylation sites is 1. The zero-order valence-electron chi connectivity index (χ0n) is 15.3. The molecule has 1 rings (SSSR count). The molecule has 0 saturated heterocycles. The summed E-state index contributed by atoms with van der Waals surface area (Å²) in [4.78, 5) is 14.3. The largest absolute Gasteiger partial charge is 0.418 e. The molecule has 0 heterocycles. The minimum absolute atomic E-state index is 0.151. The van der Waals surface area contributed by atoms with Crippen LogP contribution >= 0.6 is 0 Å². The van der Waals surface area contributed by atoms with Crippen LogP contribution in [0.5, 0.6) is 0 Å². The third-order valence-corrected chi connectivity index (χ3v) is 4.05. The molecule has 0 unspecified atom stereocenters. The molecule has 0 aromatic heterocycles. The van der Waals surface area contributed by atoms with Gasteiger partial charge in [0.15, 0.2) is 0 Å². The van der Waals surface area contributed by atoms with Crippen molar-refractivity contribution < 1.29 is 18.0 Å². The highest BCUT2D eigenvalue weighted by molar-refractivity contribution is 5.90. The standard InChI is InChI=1S/C18H28F3N3O/c1-5-24(6-2)14(11-13(3)4)12-22-17(25)23-16-10-8-7-9-15(16)18(19,20)21/h7-10,13-14H,5-6,11-12H2,1-4H3,(H2,22,23,25)/t14-/m1/s1. The van der Waals surface area contributed by atoms with Gasteiger partial charge >= 0.3 is 12.2 Å². The average molecular weight is 359 g/mol. The quantitative estimate of drug-likeness (QED) is 0.713. The number of urea groups is 1. The van der Waals surface area contributed by atoms with Gasteiger partial charge in [0, 0.05) is 12.6 Å². The Morgan fingerprint density at radius 1 is 1.16 bits per heavy atom. The van der Waals surface area contributed by atoms with E-state index in [9.17, 15) is 18.0 Å². The Morgan fingerprint density at radius 2 is 1.76 bits per heavy atom. The summed E-state index contributed by atoms with van der Waals surface area (Å²) < 4.78 is 38.9. The van der Waals surface area contributed by atoms with Gasteiger partial charge in [-0.1, -0.05) is 39.8 Å². The number of halogens is 3. The maximum Gasteiger partial charge on any atom is 0.418 e. The predicted octanol–water partition coefficient (Wildman–Crippen LogP) is 4.58. The number of anilines is 1. The van der Waals surface area contributed by atoms with Gasteiger partial charge in [0.25, 0.3) is 0 Å². The van der Waals surface area contributed by atoms with Crippen LogP contribution in [0.4, 0.5) is 23.7 Å². The van der Waals surface area contributed by atoms with Crippen molar-refractivity contribution in [1.29, 1.82) is 0 Å². The normalized spacial score (nSPS) is 13.2. The van der Waals surface area contributed by atoms with Crippen molar-refractivity contribution in [2.45, 2.75) is 46.3 Å². The van der Waals surface area contributed by atoms with E-state index in [1.54, 1.807) is 0 Å². The number of benzene rings is 1. The molecule has 0 aliphatic heterocycles. The molecule has 0 aliphatic carbocycles. The summed E-state index contributed by atoms with van der Waals surface area (Å²) in [5.41, 5.74) is -1.09. The summed E-state index contributed by atoms with van der Waals surface area (Å²) in [6.07, 6.45) is -3.60. The second-order valence-electron chi connectivity index (χ2n) is 6.38. The predicted molar refractivity (Wildman–Crippen MR) is 94.6 cm³/mol. The lowest BCUT2D eigenvalue weighted by molar-refractivity contribution is -0.136. The van der Waals surface area contributed by atoms with Crippen molar-refractivity contribution in [3.63, 3.8) is 0 Å². The van der Waals surface area contributed by atoms with Gasteiger partial charge in [-0.15, -0.1) is 0 Å². The van der Waals surface area contributed by atoms with Crippen molar-refractivity contribution in [1.82, 2.24) is 10.2 Å². The Morgan fingerprint density at radius 3 is 2.28 bits per heavy atom. The van der Waals surface area contributed by atoms with Crippen molar-refractivity contribution in [3.8, 4) is 0 Å². The van der Waals surface area contributed by atoms with Crippen LogP contribution in [0.15, 0.2) is 24.3 Å². The number of likely N-dealkylation sites (N-methyl/N-ethyl adjacent to an activating group) is 1. The highest BCUT2D eigenvalue weighted by atomic mass is 19.4. The Balaban J connectivity index is 2.73. The second kappa shape index (κ2) is 9.65. The molecule has 0 bridgehead atoms. The van der Waals surface area contributed by atoms with Gasteiger partial charge in [-0.25, -0.2) is 4.79 Å². The highest BCUT2D eigenvalue weighted by Crippen LogP contribution is 2.34. The van der Waals surface area contributed by atoms with E-state index in [0.29, 0.717) is 12.5 Å². The van der Waals surface area contributed by atoms with Crippen LogP contribution in [0.3, 0.4) is 0 Å². The molecule has 1 aromatic carbocycles. The van der Waals surface area contributed by atoms with E-state index in [4.69, 9.17) is 0 Å². The molecule has 0 saturated carbocycles. The zero-order valence-corrected chi connectivity index (χ0v) is 15.3. The van der Waals surface area contributed by atoms with E-state index in [2.05, 4.69) is 43.2 Å². The molecule has 0 aliphatic rings. The SMILES string of the molecule is CCN(CC)[C@@H](CNC(=O)Nc1ccccc1C(F)(F)F)CC(C)C. The first-order chi connectivity index (χ1) is 11.7. The van der Waals surface area contributed by atoms with Crippen LogP contribution in [0.1, 0.15) is 39.7 Å². The number of hydrogen-bond donors (Lipinski definition) is 2. The van der Waals surface area contributed by atoms with Crippen LogP contribution in [-0.2, 0) is 6.18 Å². The highest BCUT2D eigenvalue weighted by Gasteiger charge is 2.33. The third kappa shape index (κ3) is 6.94. The molecule has 2 N–H and O–H groups in total. The minimum atomic E-state index is -4.51. The molecular formula is C18H28F3N3O. The lowest BCUT2D eigenvalue weighted by Crippen LogP contribution is -2.45. The van der Waals surface area contributed by atoms with E-state index >= 15 is 0 Å². The Bertz CT molecular complexity index is 543. The molecule has 1 aromatic rings. The number of nitrogens with zero attached hydrogens (tertiary/aromatic N) is 1. The number of rotatable bonds is 8. The number of hydrogen-bond acceptors (Lipinski definition) is 2. The molecule has 1 atom stereocenters. The first-order valence-corrected chi connectivity index (χ1v) is 8.64. The zero-order chi connectivity index (χ0) is 19.0. The summed E-state index contributed by atoms with van der Waals surface area (Å²) in [5, 5.41) is 5.02. The lowest BCUT2D eigenvalue weighted by atomic mass is 10.0. The van der Waals surface area contributed by atoms with Gasteiger partial charge in [-0.2, -0.15) is 13.2 Å². The molecule has 4 nitrogen and oxygen atoms in total. The van der Waals surface area contributed by atoms with Crippen LogP contribution < -0.4 is 10.6 Å². The summed E-state index contributed by atoms with van der Waals surface area (Å²) >= 11 is 0. The Kier molecular flexibility index (Phi) is 8.22. The van der Waals surface area contributed by atoms with Crippen molar-refractivity contribution in [2.24, 2.45) is 5.92 Å². The summed E-state index contributed by atoms with van der Waals surface area (Å²) in [5.74, 6) is 0.460. The fourth-order valence-electron chi connectivity index (χ4n) is 2.86. The third-order valence-electron chi connectivity index (χ3n) is 4.05. The van der Waals surface area contributed by atoms with Gasteiger partial charge < -0.3 is 10.6 Å². The molecular weight excluding hydrogens is 331 g/mol. The van der Waals surface area contributed by atoms with Crippen LogP contribution in [0, 0.1) is 5.92 Å². The first-order valence-electron chi connectivity index (χ1n) is 8.64. The van der Waals surface area contributed by atoms with E-state index in [1.807, 2.05) is 0 Å². The summed E-state index contributed by atoms with van der Waals surface area (Å²) in [7, 11) is 0. The molecule has 0 fully saturated rings. The fourth-order valence-corrected chi connectivity index (χ4v) is 2.86. The van der Waals surface area contributed by atoms with Gasteiger partial charge in [-0.05, 0) is 37.6 Å². The first kappa shape index (κ1) is 21.3. The molecule has 142 valence electrons. The van der Waals surface area contributed by atoms with Gasteiger partial charge in [0.2, 0.25) is 0 Å². The second-order valence-corrected chi connectivity index (χ2v) is 6.38. The lowest BCUT2D eigenvalue weighted by Gasteiger charge is -2.31. The maximum atomic E-state index is 13.0. The van der Waals surface area contributed by atoms with Crippen LogP contribution in [0.25, 0.3) is 0 Å². The molecule has 2 amide bonds. The van der Waals surface area contributed by atoms with Crippen LogP contribution in [-0.4, -0.2) is 36.6 Å². The van der Waals surface area contributed by atoms with E-state index < -0.39 is 17.8 Å². The topological polar surface area (TPSA) is 44.4 Å². The summed E-state index contributed by atoms with van der Waals surface area (Å²) in [6.45, 7) is 10.4. The Labute approximate surface area is 147 Å². The monoisotopic (exact) mass is 359 g/mol. The number of carbonyl (C=O) groups is 1. The van der Waals surface area contributed by atoms with Crippen molar-refractivity contribution >= 4 is 11.7 Å². The van der Waals surface area contributed by atoms with Gasteiger partial charge in [0.1, 0.15) is 0 Å². The Hall–Kier alpha value is -1.76. The number of nitrogens with one attached hydrogen (secondary N) is 2. The number of amides is 2. The maximum absolute atomic E-state index is 13.0. The number of carbonyl (C=O) groups excluding carboxylic acids is 1. The van der Waals surface area contributed by atoms with Gasteiger partial charge in [-0.3, -0.25) is 4.90 Å². The average Bonchev–Trinajstić information content (AvgIpc) is 2.52. The molecule has 7 heteroatoms. The van der Waals surface area contributed by atoms with E-state index in [1.165, 1.54) is 18.2 Å². The molecule has 0 radical (unpaired) electrons. The number of alkyl halides is 3. The van der Waals surface area contributed by atoms with Crippen molar-refractivity contribution in [2.75, 3.05) is 25.0 Å². The fraction of sp³-hybridized carbons (Fsp3) is 0.611. The van der Waals surface area contributed by atoms with Crippen LogP contribution in [0.2, 0.25) is 0 Å². The van der Waals surface area contributed by atoms with Crippen molar-refractivity contribution in [3.05, 3.63) is 29.8 Å². The minimum Gasteiger partial charge on any atom is -0.336 e. The molecule has 0 spiro atoms.